The molecule has 0 unspecified atom stereocenters. The van der Waals surface area contributed by atoms with Crippen LogP contribution in [0.5, 0.6) is 17.2 Å². The average molecular weight is 786 g/mol. The summed E-state index contributed by atoms with van der Waals surface area (Å²) in [7, 11) is 5.13. The summed E-state index contributed by atoms with van der Waals surface area (Å²) in [6, 6.07) is 13.2. The van der Waals surface area contributed by atoms with E-state index in [-0.39, 0.29) is 39.1 Å². The molecule has 0 aliphatic rings. The quantitative estimate of drug-likeness (QED) is 0.0815. The van der Waals surface area contributed by atoms with Crippen LogP contribution in [-0.4, -0.2) is 73.0 Å². The molecule has 3 N–H and O–H groups in total. The summed E-state index contributed by atoms with van der Waals surface area (Å²) in [6.07, 6.45) is -0.689. The molecule has 0 saturated carbocycles. The van der Waals surface area contributed by atoms with Gasteiger partial charge in [-0.1, -0.05) is 53.5 Å². The van der Waals surface area contributed by atoms with E-state index >= 15 is 0 Å². The summed E-state index contributed by atoms with van der Waals surface area (Å²) in [4.78, 5) is 66.8. The number of benzene rings is 4. The molecule has 0 heterocycles. The van der Waals surface area contributed by atoms with E-state index in [9.17, 15) is 38.8 Å². The molecular formula is C37H35Cl2FN4O10. The van der Waals surface area contributed by atoms with Crippen LogP contribution in [-0.2, 0) is 36.8 Å². The van der Waals surface area contributed by atoms with Crippen molar-refractivity contribution in [2.45, 2.75) is 31.0 Å². The lowest BCUT2D eigenvalue weighted by Gasteiger charge is -2.32. The third kappa shape index (κ3) is 9.93. The molecule has 0 saturated heterocycles. The Morgan fingerprint density at radius 1 is 0.870 bits per heavy atom. The lowest BCUT2D eigenvalue weighted by atomic mass is 9.99. The second-order valence-electron chi connectivity index (χ2n) is 11.8. The number of carbonyl (C=O) groups excluding carboxylic acids is 4. The van der Waals surface area contributed by atoms with Crippen molar-refractivity contribution in [2.24, 2.45) is 0 Å². The second-order valence-corrected chi connectivity index (χ2v) is 12.6. The Morgan fingerprint density at radius 2 is 1.54 bits per heavy atom. The summed E-state index contributed by atoms with van der Waals surface area (Å²) in [5.74, 6) is -3.99. The number of phenols is 1. The molecule has 0 radical (unpaired) electrons. The van der Waals surface area contributed by atoms with Gasteiger partial charge in [-0.15, -0.1) is 0 Å². The largest absolute Gasteiger partial charge is 0.508 e. The first-order chi connectivity index (χ1) is 25.7. The van der Waals surface area contributed by atoms with Crippen molar-refractivity contribution in [2.75, 3.05) is 28.4 Å². The number of hydrogen-bond donors (Lipinski definition) is 3. The molecule has 14 nitrogen and oxygen atoms in total. The zero-order chi connectivity index (χ0) is 39.7. The van der Waals surface area contributed by atoms with Gasteiger partial charge in [0.05, 0.1) is 42.7 Å². The van der Waals surface area contributed by atoms with Crippen LogP contribution in [0.25, 0.3) is 0 Å². The normalized spacial score (nSPS) is 12.4. The number of halogens is 3. The van der Waals surface area contributed by atoms with Gasteiger partial charge in [-0.05, 0) is 64.7 Å². The van der Waals surface area contributed by atoms with Crippen LogP contribution in [0.15, 0.2) is 78.9 Å². The highest BCUT2D eigenvalue weighted by molar-refractivity contribution is 6.37. The predicted octanol–water partition coefficient (Wildman–Crippen LogP) is 5.26. The van der Waals surface area contributed by atoms with Crippen molar-refractivity contribution in [1.82, 2.24) is 15.5 Å². The van der Waals surface area contributed by atoms with E-state index in [1.807, 2.05) is 0 Å². The number of amides is 3. The number of carbonyl (C=O) groups is 4. The molecule has 54 heavy (non-hydrogen) atoms. The molecule has 4 rings (SSSR count). The molecule has 4 aromatic carbocycles. The zero-order valence-electron chi connectivity index (χ0n) is 29.3. The number of aromatic hydroxyl groups is 1. The number of esters is 1. The highest BCUT2D eigenvalue weighted by Crippen LogP contribution is 2.36. The fraction of sp³-hybridized carbons (Fsp3) is 0.243. The predicted molar refractivity (Wildman–Crippen MR) is 195 cm³/mol. The SMILES string of the molecule is COC(=O)[C@H](NC(=O)[C@H](Cc1ccc(F)c([N+](=O)[O-])c1)N(C)C(=O)[C@@H](NC(=O)Cc1cccc(O)c1)c1cc(Cl)c(OC)c(Cl)c1)c1ccc(OC)cc1. The number of nitrogens with one attached hydrogen (secondary N) is 2. The molecule has 0 fully saturated rings. The van der Waals surface area contributed by atoms with Crippen LogP contribution < -0.4 is 20.1 Å². The number of likely N-dealkylation sites (N-methyl/N-ethyl adjacent to an activating group) is 1. The van der Waals surface area contributed by atoms with E-state index in [2.05, 4.69) is 10.6 Å². The van der Waals surface area contributed by atoms with E-state index in [0.29, 0.717) is 16.9 Å². The van der Waals surface area contributed by atoms with Gasteiger partial charge in [-0.2, -0.15) is 4.39 Å². The number of hydrogen-bond acceptors (Lipinski definition) is 10. The maximum Gasteiger partial charge on any atom is 0.333 e. The Hall–Kier alpha value is -5.93. The molecule has 3 atom stereocenters. The summed E-state index contributed by atoms with van der Waals surface area (Å²) in [5.41, 5.74) is 0.0168. The van der Waals surface area contributed by atoms with Gasteiger partial charge in [-0.3, -0.25) is 24.5 Å². The van der Waals surface area contributed by atoms with Gasteiger partial charge in [0.2, 0.25) is 23.5 Å². The first kappa shape index (κ1) is 40.8. The third-order valence-corrected chi connectivity index (χ3v) is 8.87. The zero-order valence-corrected chi connectivity index (χ0v) is 30.8. The second kappa shape index (κ2) is 18.2. The van der Waals surface area contributed by atoms with E-state index in [0.717, 1.165) is 24.1 Å². The van der Waals surface area contributed by atoms with Gasteiger partial charge in [0.15, 0.2) is 11.8 Å². The van der Waals surface area contributed by atoms with E-state index < -0.39 is 64.7 Å². The molecule has 0 spiro atoms. The van der Waals surface area contributed by atoms with Gasteiger partial charge in [0, 0.05) is 19.5 Å². The summed E-state index contributed by atoms with van der Waals surface area (Å²) < 4.78 is 29.7. The number of nitro groups is 1. The number of ether oxygens (including phenoxy) is 3. The van der Waals surface area contributed by atoms with Gasteiger partial charge in [0.1, 0.15) is 23.6 Å². The smallest absolute Gasteiger partial charge is 0.333 e. The van der Waals surface area contributed by atoms with E-state index in [1.165, 1.54) is 69.8 Å². The lowest BCUT2D eigenvalue weighted by Crippen LogP contribution is -2.53. The molecule has 3 amide bonds. The molecule has 4 aromatic rings. The molecule has 284 valence electrons. The van der Waals surface area contributed by atoms with Crippen molar-refractivity contribution < 1.29 is 47.8 Å². The summed E-state index contributed by atoms with van der Waals surface area (Å²) in [6.45, 7) is 0. The van der Waals surface area contributed by atoms with E-state index in [1.54, 1.807) is 18.2 Å². The number of phenolic OH excluding ortho intramolecular Hbond substituents is 1. The van der Waals surface area contributed by atoms with Crippen molar-refractivity contribution in [1.29, 1.82) is 0 Å². The first-order valence-electron chi connectivity index (χ1n) is 16.0. The van der Waals surface area contributed by atoms with Gasteiger partial charge in [-0.25, -0.2) is 4.79 Å². The Balaban J connectivity index is 1.78. The minimum absolute atomic E-state index is 0.00369. The van der Waals surface area contributed by atoms with Crippen molar-refractivity contribution >= 4 is 52.6 Å². The first-order valence-corrected chi connectivity index (χ1v) is 16.7. The van der Waals surface area contributed by atoms with Gasteiger partial charge >= 0.3 is 11.7 Å². The highest BCUT2D eigenvalue weighted by Gasteiger charge is 2.36. The van der Waals surface area contributed by atoms with Crippen LogP contribution in [0.3, 0.4) is 0 Å². The third-order valence-electron chi connectivity index (χ3n) is 8.31. The number of nitrogens with zero attached hydrogens (tertiary/aromatic N) is 2. The standard InChI is InChI=1S/C37H35Cl2FN4O10/c1-43(36(48)32(23-18-26(38)34(53-3)27(39)19-23)41-31(46)17-20-6-5-7-24(45)14-20)30(16-21-8-13-28(40)29(15-21)44(50)51)35(47)42-33(37(49)54-4)22-9-11-25(52-2)12-10-22/h5-15,18-19,30,32-33,45H,16-17H2,1-4H3,(H,41,46)(H,42,47)/t30-,32-,33+/m0/s1. The van der Waals surface area contributed by atoms with Crippen molar-refractivity contribution in [3.05, 3.63) is 127 Å². The van der Waals surface area contributed by atoms with Crippen molar-refractivity contribution in [3.63, 3.8) is 0 Å². The van der Waals surface area contributed by atoms with Crippen LogP contribution in [0.1, 0.15) is 34.3 Å². The monoisotopic (exact) mass is 784 g/mol. The fourth-order valence-corrected chi connectivity index (χ4v) is 6.19. The minimum atomic E-state index is -1.54. The van der Waals surface area contributed by atoms with Crippen LogP contribution in [0.2, 0.25) is 10.0 Å². The van der Waals surface area contributed by atoms with Crippen LogP contribution in [0.4, 0.5) is 10.1 Å². The van der Waals surface area contributed by atoms with Crippen molar-refractivity contribution in [3.8, 4) is 17.2 Å². The molecule has 0 aliphatic heterocycles. The number of rotatable bonds is 15. The Labute approximate surface area is 318 Å². The minimum Gasteiger partial charge on any atom is -0.508 e. The Bertz CT molecular complexity index is 2030. The molecule has 17 heteroatoms. The molecule has 0 aromatic heterocycles. The fourth-order valence-electron chi connectivity index (χ4n) is 5.53. The molecule has 0 aliphatic carbocycles. The van der Waals surface area contributed by atoms with Gasteiger partial charge < -0.3 is 34.9 Å². The number of nitro benzene ring substituents is 1. The average Bonchev–Trinajstić information content (AvgIpc) is 3.14. The van der Waals surface area contributed by atoms with Gasteiger partial charge in [0.25, 0.3) is 0 Å². The Kier molecular flexibility index (Phi) is 13.8. The maximum absolute atomic E-state index is 14.5. The summed E-state index contributed by atoms with van der Waals surface area (Å²) in [5, 5.41) is 26.7. The topological polar surface area (TPSA) is 187 Å². The number of methoxy groups -OCH3 is 3. The Morgan fingerprint density at radius 3 is 2.11 bits per heavy atom. The molecular weight excluding hydrogens is 750 g/mol. The summed E-state index contributed by atoms with van der Waals surface area (Å²) >= 11 is 12.8. The molecule has 0 bridgehead atoms. The highest BCUT2D eigenvalue weighted by atomic mass is 35.5. The lowest BCUT2D eigenvalue weighted by molar-refractivity contribution is -0.387. The van der Waals surface area contributed by atoms with Crippen LogP contribution in [0, 0.1) is 15.9 Å². The van der Waals surface area contributed by atoms with E-state index in [4.69, 9.17) is 37.4 Å². The van der Waals surface area contributed by atoms with Crippen LogP contribution >= 0.6 is 23.2 Å². The maximum atomic E-state index is 14.5.